The minimum atomic E-state index is 0.139. The van der Waals surface area contributed by atoms with Crippen molar-refractivity contribution in [2.75, 3.05) is 0 Å². The van der Waals surface area contributed by atoms with Crippen LogP contribution in [0, 0.1) is 0 Å². The molecular formula is C39H18B8N4. The molecule has 0 aliphatic heterocycles. The second kappa shape index (κ2) is 12.8. The first-order valence-corrected chi connectivity index (χ1v) is 16.0. The lowest BCUT2D eigenvalue weighted by atomic mass is 9.63. The van der Waals surface area contributed by atoms with Crippen molar-refractivity contribution in [3.63, 3.8) is 0 Å². The van der Waals surface area contributed by atoms with Gasteiger partial charge < -0.3 is 4.57 Å². The van der Waals surface area contributed by atoms with Gasteiger partial charge in [-0.3, -0.25) is 0 Å². The number of fused-ring (bicyclic) bond motifs is 3. The van der Waals surface area contributed by atoms with Gasteiger partial charge >= 0.3 is 0 Å². The highest BCUT2D eigenvalue weighted by Gasteiger charge is 2.24. The quantitative estimate of drug-likeness (QED) is 0.252. The predicted molar refractivity (Wildman–Crippen MR) is 219 cm³/mol. The molecule has 0 aliphatic carbocycles. The molecule has 0 unspecified atom stereocenters. The summed E-state index contributed by atoms with van der Waals surface area (Å²) in [5.41, 5.74) is 7.41. The van der Waals surface area contributed by atoms with Gasteiger partial charge in [0, 0.05) is 33.3 Å². The molecular weight excluding hydrogens is 611 g/mol. The molecule has 0 fully saturated rings. The van der Waals surface area contributed by atoms with Crippen LogP contribution < -0.4 is 43.7 Å². The number of nitrogens with zero attached hydrogens (tertiary/aromatic N) is 4. The van der Waals surface area contributed by atoms with E-state index in [1.165, 1.54) is 0 Å². The summed E-state index contributed by atoms with van der Waals surface area (Å²) in [7, 11) is 52.1. The number of aromatic nitrogens is 4. The molecule has 0 atom stereocenters. The van der Waals surface area contributed by atoms with Crippen LogP contribution in [0.1, 0.15) is 0 Å². The minimum absolute atomic E-state index is 0.139. The van der Waals surface area contributed by atoms with E-state index in [0.717, 1.165) is 27.8 Å². The molecule has 0 aliphatic rings. The Bertz CT molecular complexity index is 2530. The molecule has 8 rings (SSSR count). The fourth-order valence-corrected chi connectivity index (χ4v) is 6.60. The molecule has 0 amide bonds. The number of hydrogen-bond donors (Lipinski definition) is 0. The fourth-order valence-electron chi connectivity index (χ4n) is 6.60. The molecule has 0 saturated carbocycles. The Morgan fingerprint density at radius 1 is 0.333 bits per heavy atom. The highest BCUT2D eigenvalue weighted by Crippen LogP contribution is 2.34. The molecule has 218 valence electrons. The van der Waals surface area contributed by atoms with Crippen LogP contribution in [-0.4, -0.2) is 82.3 Å². The highest BCUT2D eigenvalue weighted by molar-refractivity contribution is 6.71. The van der Waals surface area contributed by atoms with Crippen LogP contribution in [0.3, 0.4) is 0 Å². The summed E-state index contributed by atoms with van der Waals surface area (Å²) in [6.07, 6.45) is 0. The largest absolute Gasteiger partial charge is 0.310 e. The van der Waals surface area contributed by atoms with E-state index in [1.807, 2.05) is 114 Å². The van der Waals surface area contributed by atoms with Gasteiger partial charge in [0.05, 0.1) is 5.69 Å². The fraction of sp³-hybridized carbons (Fsp3) is 0. The monoisotopic (exact) mass is 630 g/mol. The number of para-hydroxylation sites is 1. The number of rotatable bonds is 5. The lowest BCUT2D eigenvalue weighted by Crippen LogP contribution is -2.49. The second-order valence-electron chi connectivity index (χ2n) is 12.2. The van der Waals surface area contributed by atoms with Crippen LogP contribution in [0.15, 0.2) is 109 Å². The van der Waals surface area contributed by atoms with Crippen molar-refractivity contribution >= 4 is 128 Å². The molecule has 16 radical (unpaired) electrons. The van der Waals surface area contributed by atoms with Gasteiger partial charge in [-0.2, -0.15) is 0 Å². The van der Waals surface area contributed by atoms with E-state index in [0.29, 0.717) is 45.0 Å². The third kappa shape index (κ3) is 5.31. The third-order valence-electron chi connectivity index (χ3n) is 9.26. The van der Waals surface area contributed by atoms with E-state index < -0.39 is 0 Å². The number of hydrogen-bond acceptors (Lipinski definition) is 3. The summed E-state index contributed by atoms with van der Waals surface area (Å²) in [4.78, 5) is 14.6. The van der Waals surface area contributed by atoms with Gasteiger partial charge in [0.1, 0.15) is 62.8 Å². The Hall–Kier alpha value is -5.35. The van der Waals surface area contributed by atoms with Gasteiger partial charge in [-0.15, -0.1) is 21.9 Å². The van der Waals surface area contributed by atoms with Crippen molar-refractivity contribution in [1.82, 2.24) is 19.5 Å². The Labute approximate surface area is 306 Å². The molecule has 12 heteroatoms. The standard InChI is InChI=1S/C39H18B8N4/c40-27-25-26-28(41)30(43)32(45)34(47)36(26)51(35(25)33(46)31(44)29(27)42)24-14-8-7-13-23(24)19-15-17-22(18-16-19)39-49-37(20-9-3-1-4-10-20)48-38(50-39)21-11-5-2-6-12-21/h1-18H. The van der Waals surface area contributed by atoms with E-state index >= 15 is 0 Å². The lowest BCUT2D eigenvalue weighted by Gasteiger charge is -2.20. The van der Waals surface area contributed by atoms with Crippen LogP contribution in [0.4, 0.5) is 0 Å². The molecule has 0 N–H and O–H groups in total. The van der Waals surface area contributed by atoms with Crippen molar-refractivity contribution in [3.8, 4) is 51.0 Å². The molecule has 0 bridgehead atoms. The van der Waals surface area contributed by atoms with Crippen molar-refractivity contribution in [3.05, 3.63) is 109 Å². The van der Waals surface area contributed by atoms with Gasteiger partial charge in [0.15, 0.2) is 17.5 Å². The first-order chi connectivity index (χ1) is 24.7. The Morgan fingerprint density at radius 2 is 0.686 bits per heavy atom. The Morgan fingerprint density at radius 3 is 1.14 bits per heavy atom. The van der Waals surface area contributed by atoms with E-state index in [1.54, 1.807) is 0 Å². The smallest absolute Gasteiger partial charge is 0.164 e. The normalized spacial score (nSPS) is 11.4. The molecule has 6 aromatic carbocycles. The van der Waals surface area contributed by atoms with Gasteiger partial charge in [-0.25, -0.2) is 15.0 Å². The first kappa shape index (κ1) is 32.8. The maximum absolute atomic E-state index is 6.70. The molecule has 4 nitrogen and oxygen atoms in total. The molecule has 8 aromatic rings. The molecule has 0 spiro atoms. The van der Waals surface area contributed by atoms with E-state index in [4.69, 9.17) is 77.7 Å². The van der Waals surface area contributed by atoms with Gasteiger partial charge in [-0.1, -0.05) is 125 Å². The van der Waals surface area contributed by atoms with Crippen molar-refractivity contribution in [2.45, 2.75) is 0 Å². The topological polar surface area (TPSA) is 43.6 Å². The van der Waals surface area contributed by atoms with Crippen LogP contribution in [0.5, 0.6) is 0 Å². The number of benzene rings is 6. The average molecular weight is 629 g/mol. The van der Waals surface area contributed by atoms with Crippen LogP contribution in [0.25, 0.3) is 72.8 Å². The average Bonchev–Trinajstić information content (AvgIpc) is 3.54. The summed E-state index contributed by atoms with van der Waals surface area (Å²) >= 11 is 0. The molecule has 2 aromatic heterocycles. The lowest BCUT2D eigenvalue weighted by molar-refractivity contribution is 1.07. The SMILES string of the molecule is [B]c1c([B])c([B])c2c(c1[B])c1c([B])c([B])c([B])c([B])c1n2-c1ccccc1-c1ccc(-c2nc(-c3ccccc3)nc(-c3ccccc3)n2)cc1. The van der Waals surface area contributed by atoms with Crippen molar-refractivity contribution in [1.29, 1.82) is 0 Å². The highest BCUT2D eigenvalue weighted by atomic mass is 15.0. The summed E-state index contributed by atoms with van der Waals surface area (Å²) < 4.78 is 1.88. The summed E-state index contributed by atoms with van der Waals surface area (Å²) in [6.45, 7) is 0. The van der Waals surface area contributed by atoms with Crippen LogP contribution >= 0.6 is 0 Å². The minimum Gasteiger partial charge on any atom is -0.310 e. The summed E-state index contributed by atoms with van der Waals surface area (Å²) in [6, 6.07) is 35.4. The van der Waals surface area contributed by atoms with Gasteiger partial charge in [0.2, 0.25) is 0 Å². The predicted octanol–water partition coefficient (Wildman–Crippen LogP) is -0.0129. The van der Waals surface area contributed by atoms with Crippen molar-refractivity contribution < 1.29 is 0 Å². The van der Waals surface area contributed by atoms with E-state index in [9.17, 15) is 0 Å². The second-order valence-corrected chi connectivity index (χ2v) is 12.2. The zero-order valence-electron chi connectivity index (χ0n) is 27.3. The molecule has 0 saturated heterocycles. The van der Waals surface area contributed by atoms with E-state index in [2.05, 4.69) is 0 Å². The maximum Gasteiger partial charge on any atom is 0.164 e. The summed E-state index contributed by atoms with van der Waals surface area (Å²) in [5, 5.41) is 0.960. The van der Waals surface area contributed by atoms with Crippen LogP contribution in [0.2, 0.25) is 0 Å². The summed E-state index contributed by atoms with van der Waals surface area (Å²) in [5.74, 6) is 1.69. The first-order valence-electron chi connectivity index (χ1n) is 16.0. The zero-order chi connectivity index (χ0) is 35.6. The molecule has 51 heavy (non-hydrogen) atoms. The third-order valence-corrected chi connectivity index (χ3v) is 9.26. The van der Waals surface area contributed by atoms with E-state index in [-0.39, 0.29) is 43.7 Å². The van der Waals surface area contributed by atoms with Crippen molar-refractivity contribution in [2.24, 2.45) is 0 Å². The zero-order valence-corrected chi connectivity index (χ0v) is 27.3. The Kier molecular flexibility index (Phi) is 8.21. The molecule has 2 heterocycles. The van der Waals surface area contributed by atoms with Gasteiger partial charge in [-0.05, 0) is 22.4 Å². The maximum atomic E-state index is 6.70. The van der Waals surface area contributed by atoms with Gasteiger partial charge in [0.25, 0.3) is 0 Å². The Balaban J connectivity index is 1.33. The van der Waals surface area contributed by atoms with Crippen LogP contribution in [-0.2, 0) is 0 Å².